The Morgan fingerprint density at radius 1 is 1.11 bits per heavy atom. The van der Waals surface area contributed by atoms with Crippen molar-refractivity contribution in [1.29, 1.82) is 0 Å². The molecule has 3 N–H and O–H groups in total. The summed E-state index contributed by atoms with van der Waals surface area (Å²) in [7, 11) is 1.60. The number of aryl methyl sites for hydroxylation is 2. The maximum Gasteiger partial charge on any atom is 0.319 e. The lowest BCUT2D eigenvalue weighted by molar-refractivity contribution is 0.0963. The van der Waals surface area contributed by atoms with Gasteiger partial charge in [-0.3, -0.25) is 4.79 Å². The average Bonchev–Trinajstić information content (AvgIpc) is 3.16. The second kappa shape index (κ2) is 8.78. The third-order valence-electron chi connectivity index (χ3n) is 5.26. The maximum atomic E-state index is 12.3. The van der Waals surface area contributed by atoms with Crippen molar-refractivity contribution in [2.75, 3.05) is 36.9 Å². The Bertz CT molecular complexity index is 865. The third-order valence-corrected chi connectivity index (χ3v) is 5.26. The van der Waals surface area contributed by atoms with Gasteiger partial charge < -0.3 is 20.9 Å². The maximum absolute atomic E-state index is 12.3. The van der Waals surface area contributed by atoms with Crippen molar-refractivity contribution in [2.24, 2.45) is 5.92 Å². The molecule has 0 aliphatic carbocycles. The number of benzene rings is 2. The van der Waals surface area contributed by atoms with Gasteiger partial charge in [0.15, 0.2) is 0 Å². The molecule has 1 aliphatic heterocycles. The fourth-order valence-corrected chi connectivity index (χ4v) is 3.63. The zero-order valence-electron chi connectivity index (χ0n) is 16.7. The van der Waals surface area contributed by atoms with Crippen LogP contribution in [-0.4, -0.2) is 38.6 Å². The predicted molar refractivity (Wildman–Crippen MR) is 113 cm³/mol. The molecule has 1 saturated heterocycles. The highest BCUT2D eigenvalue weighted by atomic mass is 16.2. The van der Waals surface area contributed by atoms with E-state index >= 15 is 0 Å². The highest BCUT2D eigenvalue weighted by molar-refractivity contribution is 5.96. The summed E-state index contributed by atoms with van der Waals surface area (Å²) in [6.07, 6.45) is 1.06. The molecule has 1 atom stereocenters. The Balaban J connectivity index is 1.50. The lowest BCUT2D eigenvalue weighted by Crippen LogP contribution is -2.34. The summed E-state index contributed by atoms with van der Waals surface area (Å²) in [5.74, 6) is 0.292. The number of hydrogen-bond donors (Lipinski definition) is 3. The molecule has 0 saturated carbocycles. The van der Waals surface area contributed by atoms with Gasteiger partial charge in [0.05, 0.1) is 0 Å². The molecule has 0 aromatic heterocycles. The topological polar surface area (TPSA) is 73.5 Å². The summed E-state index contributed by atoms with van der Waals surface area (Å²) in [5, 5.41) is 8.45. The van der Waals surface area contributed by atoms with Crippen molar-refractivity contribution >= 4 is 23.3 Å². The quantitative estimate of drug-likeness (QED) is 0.745. The number of anilines is 2. The summed E-state index contributed by atoms with van der Waals surface area (Å²) in [5.41, 5.74) is 4.69. The molecule has 0 bridgehead atoms. The highest BCUT2D eigenvalue weighted by Gasteiger charge is 2.23. The Morgan fingerprint density at radius 2 is 1.89 bits per heavy atom. The van der Waals surface area contributed by atoms with Gasteiger partial charge in [-0.25, -0.2) is 4.79 Å². The number of carbonyl (C=O) groups excluding carboxylic acids is 2. The molecule has 28 heavy (non-hydrogen) atoms. The van der Waals surface area contributed by atoms with E-state index in [1.54, 1.807) is 25.2 Å². The smallest absolute Gasteiger partial charge is 0.319 e. The predicted octanol–water partition coefficient (Wildman–Crippen LogP) is 3.31. The largest absolute Gasteiger partial charge is 0.371 e. The fraction of sp³-hybridized carbons (Fsp3) is 0.364. The van der Waals surface area contributed by atoms with Crippen LogP contribution in [-0.2, 0) is 0 Å². The van der Waals surface area contributed by atoms with E-state index in [1.807, 2.05) is 6.92 Å². The van der Waals surface area contributed by atoms with Crippen molar-refractivity contribution in [1.82, 2.24) is 10.6 Å². The van der Waals surface area contributed by atoms with Crippen LogP contribution < -0.4 is 20.9 Å². The Hall–Kier alpha value is -3.02. The van der Waals surface area contributed by atoms with E-state index in [2.05, 4.69) is 52.0 Å². The van der Waals surface area contributed by atoms with Crippen LogP contribution in [0.4, 0.5) is 16.2 Å². The monoisotopic (exact) mass is 380 g/mol. The molecule has 3 rings (SSSR count). The molecular weight excluding hydrogens is 352 g/mol. The van der Waals surface area contributed by atoms with Crippen LogP contribution in [0.15, 0.2) is 42.5 Å². The Kier molecular flexibility index (Phi) is 6.19. The SMILES string of the molecule is CNC(=O)c1ccc(NC(=O)NC[C@H]2CCN(c3ccccc3C)C2)c(C)c1. The summed E-state index contributed by atoms with van der Waals surface area (Å²) >= 11 is 0. The van der Waals surface area contributed by atoms with Gasteiger partial charge in [-0.1, -0.05) is 18.2 Å². The van der Waals surface area contributed by atoms with Crippen LogP contribution in [0.1, 0.15) is 27.9 Å². The lowest BCUT2D eigenvalue weighted by atomic mass is 10.1. The number of hydrogen-bond acceptors (Lipinski definition) is 3. The minimum atomic E-state index is -0.217. The normalized spacial score (nSPS) is 16.0. The minimum Gasteiger partial charge on any atom is -0.371 e. The summed E-state index contributed by atoms with van der Waals surface area (Å²) in [6.45, 7) is 6.61. The number of amides is 3. The fourth-order valence-electron chi connectivity index (χ4n) is 3.63. The zero-order chi connectivity index (χ0) is 20.1. The molecule has 0 radical (unpaired) electrons. The lowest BCUT2D eigenvalue weighted by Gasteiger charge is -2.21. The zero-order valence-corrected chi connectivity index (χ0v) is 16.7. The van der Waals surface area contributed by atoms with Gasteiger partial charge in [-0.2, -0.15) is 0 Å². The first kappa shape index (κ1) is 19.7. The van der Waals surface area contributed by atoms with Crippen LogP contribution >= 0.6 is 0 Å². The molecule has 0 spiro atoms. The first-order valence-corrected chi connectivity index (χ1v) is 9.66. The summed E-state index contributed by atoms with van der Waals surface area (Å²) in [6, 6.07) is 13.4. The first-order chi connectivity index (χ1) is 13.5. The molecule has 0 unspecified atom stereocenters. The number of para-hydroxylation sites is 1. The van der Waals surface area contributed by atoms with E-state index in [0.717, 1.165) is 25.1 Å². The number of rotatable bonds is 5. The molecule has 1 heterocycles. The van der Waals surface area contributed by atoms with Crippen LogP contribution in [0.25, 0.3) is 0 Å². The standard InChI is InChI=1S/C22H28N4O2/c1-15-6-4-5-7-20(15)26-11-10-17(14-26)13-24-22(28)25-19-9-8-18(12-16(19)2)21(27)23-3/h4-9,12,17H,10-11,13-14H2,1-3H3,(H,23,27)(H2,24,25,28)/t17-/m1/s1. The van der Waals surface area contributed by atoms with Crippen LogP contribution in [0.5, 0.6) is 0 Å². The van der Waals surface area contributed by atoms with Crippen molar-refractivity contribution in [3.63, 3.8) is 0 Å². The van der Waals surface area contributed by atoms with E-state index in [1.165, 1.54) is 11.3 Å². The third kappa shape index (κ3) is 4.63. The van der Waals surface area contributed by atoms with Crippen LogP contribution in [0.2, 0.25) is 0 Å². The van der Waals surface area contributed by atoms with E-state index in [4.69, 9.17) is 0 Å². The minimum absolute atomic E-state index is 0.140. The Labute approximate surface area is 166 Å². The number of carbonyl (C=O) groups is 2. The van der Waals surface area contributed by atoms with Crippen molar-refractivity contribution in [3.8, 4) is 0 Å². The molecular formula is C22H28N4O2. The molecule has 6 nitrogen and oxygen atoms in total. The molecule has 1 fully saturated rings. The van der Waals surface area contributed by atoms with Gasteiger partial charge in [0, 0.05) is 43.6 Å². The van der Waals surface area contributed by atoms with E-state index in [9.17, 15) is 9.59 Å². The second-order valence-corrected chi connectivity index (χ2v) is 7.33. The molecule has 6 heteroatoms. The summed E-state index contributed by atoms with van der Waals surface area (Å²) in [4.78, 5) is 26.4. The molecule has 2 aromatic carbocycles. The van der Waals surface area contributed by atoms with Gasteiger partial charge in [-0.15, -0.1) is 0 Å². The summed E-state index contributed by atoms with van der Waals surface area (Å²) < 4.78 is 0. The first-order valence-electron chi connectivity index (χ1n) is 9.66. The van der Waals surface area contributed by atoms with Crippen molar-refractivity contribution in [2.45, 2.75) is 20.3 Å². The van der Waals surface area contributed by atoms with Crippen LogP contribution in [0.3, 0.4) is 0 Å². The van der Waals surface area contributed by atoms with Crippen LogP contribution in [0, 0.1) is 19.8 Å². The van der Waals surface area contributed by atoms with Gasteiger partial charge in [0.25, 0.3) is 5.91 Å². The van der Waals surface area contributed by atoms with Crippen molar-refractivity contribution < 1.29 is 9.59 Å². The van der Waals surface area contributed by atoms with Gasteiger partial charge in [0.1, 0.15) is 0 Å². The van der Waals surface area contributed by atoms with E-state index in [-0.39, 0.29) is 11.9 Å². The highest BCUT2D eigenvalue weighted by Crippen LogP contribution is 2.26. The second-order valence-electron chi connectivity index (χ2n) is 7.33. The molecule has 148 valence electrons. The molecule has 2 aromatic rings. The van der Waals surface area contributed by atoms with Gasteiger partial charge in [0.2, 0.25) is 0 Å². The van der Waals surface area contributed by atoms with E-state index in [0.29, 0.717) is 23.7 Å². The number of urea groups is 1. The van der Waals surface area contributed by atoms with Crippen molar-refractivity contribution in [3.05, 3.63) is 59.2 Å². The number of nitrogens with zero attached hydrogens (tertiary/aromatic N) is 1. The molecule has 1 aliphatic rings. The van der Waals surface area contributed by atoms with Gasteiger partial charge >= 0.3 is 6.03 Å². The average molecular weight is 380 g/mol. The van der Waals surface area contributed by atoms with Gasteiger partial charge in [-0.05, 0) is 61.6 Å². The Morgan fingerprint density at radius 3 is 2.61 bits per heavy atom. The molecule has 3 amide bonds. The van der Waals surface area contributed by atoms with E-state index < -0.39 is 0 Å². The number of nitrogens with one attached hydrogen (secondary N) is 3.